The molecule has 21 heavy (non-hydrogen) atoms. The predicted molar refractivity (Wildman–Crippen MR) is 75.3 cm³/mol. The van der Waals surface area contributed by atoms with Gasteiger partial charge in [0.1, 0.15) is 6.17 Å². The van der Waals surface area contributed by atoms with Gasteiger partial charge < -0.3 is 0 Å². The van der Waals surface area contributed by atoms with Crippen molar-refractivity contribution in [2.75, 3.05) is 0 Å². The van der Waals surface area contributed by atoms with Gasteiger partial charge in [-0.2, -0.15) is 0 Å². The smallest absolute Gasteiger partial charge is 0.194 e. The van der Waals surface area contributed by atoms with Crippen molar-refractivity contribution in [3.05, 3.63) is 47.3 Å². The molecule has 1 aromatic rings. The number of allylic oxidation sites excluding steroid dienone is 2. The summed E-state index contributed by atoms with van der Waals surface area (Å²) in [5, 5.41) is 0. The molecule has 1 fully saturated rings. The molecule has 0 radical (unpaired) electrons. The molecule has 0 nitrogen and oxygen atoms in total. The first-order valence-electron chi connectivity index (χ1n) is 7.42. The van der Waals surface area contributed by atoms with Crippen molar-refractivity contribution in [2.24, 2.45) is 5.92 Å². The van der Waals surface area contributed by atoms with E-state index in [9.17, 15) is 17.6 Å². The second-order valence-corrected chi connectivity index (χ2v) is 5.75. The molecular weight excluding hydrogens is 280 g/mol. The van der Waals surface area contributed by atoms with Crippen LogP contribution in [0.4, 0.5) is 17.6 Å². The van der Waals surface area contributed by atoms with Gasteiger partial charge in [0.05, 0.1) is 0 Å². The number of benzene rings is 1. The molecule has 0 saturated heterocycles. The first-order chi connectivity index (χ1) is 10.0. The van der Waals surface area contributed by atoms with Gasteiger partial charge in [0.15, 0.2) is 17.5 Å². The molecule has 4 heteroatoms. The molecule has 116 valence electrons. The highest BCUT2D eigenvalue weighted by molar-refractivity contribution is 5.24. The maximum atomic E-state index is 14.3. The van der Waals surface area contributed by atoms with Crippen molar-refractivity contribution in [3.8, 4) is 0 Å². The van der Waals surface area contributed by atoms with Gasteiger partial charge in [-0.05, 0) is 62.6 Å². The highest BCUT2D eigenvalue weighted by Gasteiger charge is 2.32. The molecule has 1 aliphatic carbocycles. The van der Waals surface area contributed by atoms with Gasteiger partial charge in [-0.1, -0.05) is 12.2 Å². The molecule has 1 saturated carbocycles. The minimum Gasteiger partial charge on any atom is -0.247 e. The lowest BCUT2D eigenvalue weighted by Crippen LogP contribution is -2.25. The quantitative estimate of drug-likeness (QED) is 0.381. The Morgan fingerprint density at radius 2 is 1.81 bits per heavy atom. The summed E-state index contributed by atoms with van der Waals surface area (Å²) in [5.74, 6) is -4.20. The summed E-state index contributed by atoms with van der Waals surface area (Å²) in [5.41, 5.74) is 0.228. The summed E-state index contributed by atoms with van der Waals surface area (Å²) in [6, 6.07) is 1.85. The maximum Gasteiger partial charge on any atom is 0.194 e. The Morgan fingerprint density at radius 1 is 1.14 bits per heavy atom. The minimum atomic E-state index is -1.49. The fourth-order valence-electron chi connectivity index (χ4n) is 3.12. The summed E-state index contributed by atoms with van der Waals surface area (Å²) in [6.45, 7) is 1.95. The predicted octanol–water partition coefficient (Wildman–Crippen LogP) is 5.68. The van der Waals surface area contributed by atoms with E-state index in [0.717, 1.165) is 31.4 Å². The van der Waals surface area contributed by atoms with Gasteiger partial charge in [-0.3, -0.25) is 0 Å². The van der Waals surface area contributed by atoms with Gasteiger partial charge >= 0.3 is 0 Å². The molecule has 0 aliphatic heterocycles. The molecule has 2 unspecified atom stereocenters. The lowest BCUT2D eigenvalue weighted by atomic mass is 9.76. The molecule has 0 bridgehead atoms. The minimum absolute atomic E-state index is 0.228. The Hall–Kier alpha value is -1.32. The lowest BCUT2D eigenvalue weighted by molar-refractivity contribution is 0.164. The normalized spacial score (nSPS) is 26.4. The van der Waals surface area contributed by atoms with E-state index in [1.165, 1.54) is 0 Å². The summed E-state index contributed by atoms with van der Waals surface area (Å²) in [4.78, 5) is 0. The molecule has 1 aromatic carbocycles. The van der Waals surface area contributed by atoms with Gasteiger partial charge in [0.25, 0.3) is 0 Å². The fourth-order valence-corrected chi connectivity index (χ4v) is 3.12. The molecule has 2 rings (SSSR count). The first-order valence-corrected chi connectivity index (χ1v) is 7.42. The molecular formula is C17H20F4. The van der Waals surface area contributed by atoms with E-state index in [1.807, 2.05) is 13.0 Å². The van der Waals surface area contributed by atoms with Crippen LogP contribution >= 0.6 is 0 Å². The third-order valence-electron chi connectivity index (χ3n) is 4.29. The standard InChI is InChI=1S/C17H20F4/c1-2-3-4-5-11-6-7-13(14(18)8-11)12-9-15(19)17(21)16(20)10-12/h2-3,9-11,13-14H,4-8H2,1H3/t11-,13?,14?/m1/s1. The molecule has 0 aromatic heterocycles. The largest absolute Gasteiger partial charge is 0.247 e. The number of hydrogen-bond acceptors (Lipinski definition) is 0. The van der Waals surface area contributed by atoms with E-state index >= 15 is 0 Å². The van der Waals surface area contributed by atoms with Gasteiger partial charge in [0, 0.05) is 5.92 Å². The van der Waals surface area contributed by atoms with E-state index in [-0.39, 0.29) is 5.56 Å². The molecule has 1 aliphatic rings. The van der Waals surface area contributed by atoms with Crippen molar-refractivity contribution in [2.45, 2.75) is 51.1 Å². The topological polar surface area (TPSA) is 0 Å². The van der Waals surface area contributed by atoms with Crippen LogP contribution in [0.25, 0.3) is 0 Å². The zero-order valence-electron chi connectivity index (χ0n) is 12.1. The van der Waals surface area contributed by atoms with Crippen LogP contribution in [0.15, 0.2) is 24.3 Å². The molecule has 3 atom stereocenters. The Morgan fingerprint density at radius 3 is 2.38 bits per heavy atom. The van der Waals surface area contributed by atoms with E-state index in [1.54, 1.807) is 0 Å². The van der Waals surface area contributed by atoms with Crippen LogP contribution in [0.2, 0.25) is 0 Å². The van der Waals surface area contributed by atoms with Crippen LogP contribution in [0, 0.1) is 23.4 Å². The summed E-state index contributed by atoms with van der Waals surface area (Å²) in [7, 11) is 0. The van der Waals surface area contributed by atoms with Crippen LogP contribution < -0.4 is 0 Å². The van der Waals surface area contributed by atoms with Gasteiger partial charge in [0.2, 0.25) is 0 Å². The highest BCUT2D eigenvalue weighted by atomic mass is 19.2. The maximum absolute atomic E-state index is 14.3. The third-order valence-corrected chi connectivity index (χ3v) is 4.29. The van der Waals surface area contributed by atoms with E-state index in [4.69, 9.17) is 0 Å². The van der Waals surface area contributed by atoms with Crippen molar-refractivity contribution in [1.29, 1.82) is 0 Å². The van der Waals surface area contributed by atoms with Crippen LogP contribution in [-0.2, 0) is 0 Å². The van der Waals surface area contributed by atoms with Gasteiger partial charge in [-0.25, -0.2) is 17.6 Å². The lowest BCUT2D eigenvalue weighted by Gasteiger charge is -2.32. The van der Waals surface area contributed by atoms with Crippen LogP contribution in [0.3, 0.4) is 0 Å². The molecule has 0 amide bonds. The zero-order valence-corrected chi connectivity index (χ0v) is 12.1. The monoisotopic (exact) mass is 300 g/mol. The van der Waals surface area contributed by atoms with Gasteiger partial charge in [-0.15, -0.1) is 0 Å². The van der Waals surface area contributed by atoms with E-state index in [0.29, 0.717) is 18.8 Å². The summed E-state index contributed by atoms with van der Waals surface area (Å²) in [6.07, 6.45) is 6.56. The highest BCUT2D eigenvalue weighted by Crippen LogP contribution is 2.40. The van der Waals surface area contributed by atoms with E-state index < -0.39 is 29.5 Å². The molecule has 0 spiro atoms. The van der Waals surface area contributed by atoms with Crippen LogP contribution in [-0.4, -0.2) is 6.17 Å². The Labute approximate surface area is 122 Å². The number of rotatable bonds is 4. The van der Waals surface area contributed by atoms with Crippen LogP contribution in [0.1, 0.15) is 50.5 Å². The number of hydrogen-bond donors (Lipinski definition) is 0. The van der Waals surface area contributed by atoms with Crippen molar-refractivity contribution in [3.63, 3.8) is 0 Å². The molecule has 0 N–H and O–H groups in total. The second-order valence-electron chi connectivity index (χ2n) is 5.75. The Balaban J connectivity index is 2.03. The van der Waals surface area contributed by atoms with E-state index in [2.05, 4.69) is 6.08 Å². The van der Waals surface area contributed by atoms with Crippen molar-refractivity contribution < 1.29 is 17.6 Å². The molecule has 0 heterocycles. The SMILES string of the molecule is CC=CCC[C@@H]1CCC(c2cc(F)c(F)c(F)c2)C(F)C1. The third kappa shape index (κ3) is 3.86. The number of alkyl halides is 1. The Kier molecular flexibility index (Phi) is 5.43. The average Bonchev–Trinajstić information content (AvgIpc) is 2.45. The Bertz CT molecular complexity index is 487. The summed E-state index contributed by atoms with van der Waals surface area (Å²) < 4.78 is 53.8. The average molecular weight is 300 g/mol. The van der Waals surface area contributed by atoms with Crippen molar-refractivity contribution >= 4 is 0 Å². The first kappa shape index (κ1) is 16.1. The van der Waals surface area contributed by atoms with Crippen molar-refractivity contribution in [1.82, 2.24) is 0 Å². The zero-order chi connectivity index (χ0) is 15.4. The fraction of sp³-hybridized carbons (Fsp3) is 0.529. The second kappa shape index (κ2) is 7.10. The van der Waals surface area contributed by atoms with Crippen LogP contribution in [0.5, 0.6) is 0 Å². The number of halogens is 4. The summed E-state index contributed by atoms with van der Waals surface area (Å²) >= 11 is 0.